The van der Waals surface area contributed by atoms with Crippen LogP contribution < -0.4 is 0 Å². The van der Waals surface area contributed by atoms with Crippen LogP contribution >= 0.6 is 22.9 Å². The van der Waals surface area contributed by atoms with Gasteiger partial charge in [-0.05, 0) is 47.6 Å². The van der Waals surface area contributed by atoms with Gasteiger partial charge in [0.1, 0.15) is 10.3 Å². The molecule has 2 saturated heterocycles. The molecule has 0 radical (unpaired) electrons. The van der Waals surface area contributed by atoms with E-state index < -0.39 is 40.5 Å². The van der Waals surface area contributed by atoms with E-state index in [1.807, 2.05) is 5.01 Å². The summed E-state index contributed by atoms with van der Waals surface area (Å²) < 4.78 is 28.4. The number of rotatable bonds is 8. The Morgan fingerprint density at radius 3 is 2.41 bits per heavy atom. The number of carboxylic acid groups (broad SMARTS) is 2. The lowest BCUT2D eigenvalue weighted by Crippen LogP contribution is -2.59. The minimum absolute atomic E-state index is 0.00516. The molecular formula is C27H27ClN4O7S2. The van der Waals surface area contributed by atoms with Crippen LogP contribution in [0.1, 0.15) is 24.0 Å². The van der Waals surface area contributed by atoms with Crippen molar-refractivity contribution in [3.8, 4) is 0 Å². The molecule has 1 amide bonds. The van der Waals surface area contributed by atoms with Crippen molar-refractivity contribution in [2.75, 3.05) is 26.2 Å². The van der Waals surface area contributed by atoms with Crippen molar-refractivity contribution in [2.24, 2.45) is 11.0 Å². The van der Waals surface area contributed by atoms with E-state index in [0.29, 0.717) is 46.6 Å². The third kappa shape index (κ3) is 6.38. The largest absolute Gasteiger partial charge is 0.481 e. The number of hydrogen-bond donors (Lipinski definition) is 2. The molecule has 1 atom stereocenters. The van der Waals surface area contributed by atoms with Crippen molar-refractivity contribution in [1.82, 2.24) is 14.2 Å². The fraction of sp³-hybridized carbons (Fsp3) is 0.333. The smallest absolute Gasteiger partial charge is 0.327 e. The molecule has 2 aliphatic rings. The van der Waals surface area contributed by atoms with E-state index in [2.05, 4.69) is 5.10 Å². The molecule has 0 spiro atoms. The van der Waals surface area contributed by atoms with Crippen molar-refractivity contribution in [1.29, 1.82) is 0 Å². The number of hydrazone groups is 1. The molecule has 5 rings (SSSR count). The molecule has 1 aromatic heterocycles. The minimum atomic E-state index is -4.11. The van der Waals surface area contributed by atoms with Crippen LogP contribution in [0.4, 0.5) is 0 Å². The van der Waals surface area contributed by atoms with Gasteiger partial charge in [0.25, 0.3) is 10.0 Å². The highest BCUT2D eigenvalue weighted by Gasteiger charge is 2.42. The van der Waals surface area contributed by atoms with Crippen LogP contribution in [0.5, 0.6) is 0 Å². The summed E-state index contributed by atoms with van der Waals surface area (Å²) in [5.41, 5.74) is 1.47. The number of carbonyl (C=O) groups excluding carboxylic acids is 1. The van der Waals surface area contributed by atoms with E-state index in [9.17, 15) is 27.9 Å². The predicted octanol–water partition coefficient (Wildman–Crippen LogP) is 3.17. The zero-order valence-corrected chi connectivity index (χ0v) is 24.1. The highest BCUT2D eigenvalue weighted by molar-refractivity contribution is 7.91. The van der Waals surface area contributed by atoms with Gasteiger partial charge >= 0.3 is 11.9 Å². The van der Waals surface area contributed by atoms with Gasteiger partial charge in [-0.3, -0.25) is 14.6 Å². The van der Waals surface area contributed by atoms with E-state index in [-0.39, 0.29) is 23.2 Å². The van der Waals surface area contributed by atoms with Gasteiger partial charge in [0.2, 0.25) is 5.91 Å². The molecule has 3 heterocycles. The number of carbonyl (C=O) groups is 3. The summed E-state index contributed by atoms with van der Waals surface area (Å²) in [5.74, 6) is -3.02. The van der Waals surface area contributed by atoms with Gasteiger partial charge in [0, 0.05) is 35.9 Å². The van der Waals surface area contributed by atoms with Gasteiger partial charge < -0.3 is 15.1 Å². The standard InChI is InChI=1S/C27H27ClN4O7S2/c28-21-6-5-20-11-25(40-23(20)12-21)41(38,39)31-15-22(27(36)37)32(24(33)16-31)14-18-3-1-17(2-4-18)13-29-30-9-7-19(8-10-30)26(34)35/h1-6,11-13,19,22H,7-10,14-16H2,(H,34,35)(H,36,37)/t22-/m1/s1. The lowest BCUT2D eigenvalue weighted by atomic mass is 9.98. The molecule has 2 aliphatic heterocycles. The quantitative estimate of drug-likeness (QED) is 0.366. The molecule has 0 aliphatic carbocycles. The van der Waals surface area contributed by atoms with E-state index >= 15 is 0 Å². The monoisotopic (exact) mass is 618 g/mol. The molecule has 14 heteroatoms. The highest BCUT2D eigenvalue weighted by atomic mass is 35.5. The fourth-order valence-corrected chi connectivity index (χ4v) is 8.11. The molecule has 0 saturated carbocycles. The molecule has 216 valence electrons. The third-order valence-corrected chi connectivity index (χ3v) is 10.8. The summed E-state index contributed by atoms with van der Waals surface area (Å²) in [5, 5.41) is 26.4. The van der Waals surface area contributed by atoms with Gasteiger partial charge in [0.15, 0.2) is 0 Å². The Hall–Kier alpha value is -3.52. The molecule has 11 nitrogen and oxygen atoms in total. The van der Waals surface area contributed by atoms with Crippen LogP contribution in [0, 0.1) is 5.92 Å². The number of amides is 1. The highest BCUT2D eigenvalue weighted by Crippen LogP contribution is 2.33. The summed E-state index contributed by atoms with van der Waals surface area (Å²) in [7, 11) is -4.11. The number of sulfonamides is 1. The number of aliphatic carboxylic acids is 2. The second kappa shape index (κ2) is 11.8. The number of halogens is 1. The summed E-state index contributed by atoms with van der Waals surface area (Å²) >= 11 is 7.04. The van der Waals surface area contributed by atoms with Crippen molar-refractivity contribution in [3.05, 3.63) is 64.7 Å². The summed E-state index contributed by atoms with van der Waals surface area (Å²) in [6, 6.07) is 12.3. The first-order valence-corrected chi connectivity index (χ1v) is 15.5. The number of piperazine rings is 1. The van der Waals surface area contributed by atoms with Gasteiger partial charge in [-0.15, -0.1) is 11.3 Å². The Labute approximate surface area is 245 Å². The maximum absolute atomic E-state index is 13.4. The van der Waals surface area contributed by atoms with Gasteiger partial charge in [-0.1, -0.05) is 41.9 Å². The zero-order valence-electron chi connectivity index (χ0n) is 21.7. The third-order valence-electron chi connectivity index (χ3n) is 7.25. The number of carboxylic acids is 2. The SMILES string of the molecule is O=C(O)C1CCN(N=Cc2ccc(CN3C(=O)CN(S(=O)(=O)c4cc5ccc(Cl)cc5s4)C[C@@H]3C(=O)O)cc2)CC1. The predicted molar refractivity (Wildman–Crippen MR) is 154 cm³/mol. The second-order valence-corrected chi connectivity index (χ2v) is 13.7. The van der Waals surface area contributed by atoms with Crippen LogP contribution in [-0.4, -0.2) is 89.1 Å². The number of fused-ring (bicyclic) bond motifs is 1. The van der Waals surface area contributed by atoms with E-state index in [0.717, 1.165) is 21.2 Å². The fourth-order valence-electron chi connectivity index (χ4n) is 4.88. The average molecular weight is 619 g/mol. The number of hydrogen-bond acceptors (Lipinski definition) is 8. The van der Waals surface area contributed by atoms with E-state index in [1.54, 1.807) is 48.7 Å². The number of nitrogens with zero attached hydrogens (tertiary/aromatic N) is 4. The summed E-state index contributed by atoms with van der Waals surface area (Å²) in [6.45, 7) is 0.281. The maximum atomic E-state index is 13.4. The minimum Gasteiger partial charge on any atom is -0.481 e. The first-order valence-electron chi connectivity index (χ1n) is 12.8. The summed E-state index contributed by atoms with van der Waals surface area (Å²) in [4.78, 5) is 37.6. The Bertz CT molecular complexity index is 1620. The van der Waals surface area contributed by atoms with Crippen LogP contribution in [0.15, 0.2) is 57.8 Å². The zero-order chi connectivity index (χ0) is 29.3. The number of thiophene rings is 1. The Morgan fingerprint density at radius 2 is 1.76 bits per heavy atom. The summed E-state index contributed by atoms with van der Waals surface area (Å²) in [6.07, 6.45) is 2.75. The molecule has 0 bridgehead atoms. The van der Waals surface area contributed by atoms with Crippen molar-refractivity contribution < 1.29 is 33.0 Å². The molecule has 2 N–H and O–H groups in total. The van der Waals surface area contributed by atoms with Crippen molar-refractivity contribution in [3.63, 3.8) is 0 Å². The van der Waals surface area contributed by atoms with E-state index in [1.165, 1.54) is 11.0 Å². The number of benzene rings is 2. The van der Waals surface area contributed by atoms with Crippen molar-refractivity contribution in [2.45, 2.75) is 29.6 Å². The first kappa shape index (κ1) is 29.0. The molecule has 2 fully saturated rings. The van der Waals surface area contributed by atoms with Gasteiger partial charge in [-0.25, -0.2) is 13.2 Å². The van der Waals surface area contributed by atoms with Crippen LogP contribution in [0.25, 0.3) is 10.1 Å². The lowest BCUT2D eigenvalue weighted by Gasteiger charge is -2.38. The first-order chi connectivity index (χ1) is 19.5. The van der Waals surface area contributed by atoms with Crippen LogP contribution in [0.2, 0.25) is 5.02 Å². The lowest BCUT2D eigenvalue weighted by molar-refractivity contribution is -0.154. The van der Waals surface area contributed by atoms with Gasteiger partial charge in [-0.2, -0.15) is 9.41 Å². The normalized spacial score (nSPS) is 19.3. The molecule has 3 aromatic rings. The van der Waals surface area contributed by atoms with Crippen LogP contribution in [0.3, 0.4) is 0 Å². The number of piperidine rings is 1. The average Bonchev–Trinajstić information content (AvgIpc) is 3.38. The molecule has 2 aromatic carbocycles. The van der Waals surface area contributed by atoms with Gasteiger partial charge in [0.05, 0.1) is 18.7 Å². The van der Waals surface area contributed by atoms with E-state index in [4.69, 9.17) is 16.7 Å². The molecule has 0 unspecified atom stereocenters. The van der Waals surface area contributed by atoms with Crippen LogP contribution in [-0.2, 0) is 31.0 Å². The topological polar surface area (TPSA) is 148 Å². The second-order valence-electron chi connectivity index (χ2n) is 9.97. The van der Waals surface area contributed by atoms with Crippen molar-refractivity contribution >= 4 is 67.1 Å². The Balaban J connectivity index is 1.25. The Kier molecular flexibility index (Phi) is 8.32. The maximum Gasteiger partial charge on any atom is 0.327 e. The Morgan fingerprint density at radius 1 is 1.05 bits per heavy atom. The molecular weight excluding hydrogens is 592 g/mol. The molecule has 41 heavy (non-hydrogen) atoms.